The molecular formula is C28H26N4O4. The number of carbonyl (C=O) groups is 2. The van der Waals surface area contributed by atoms with Gasteiger partial charge >= 0.3 is 5.69 Å². The van der Waals surface area contributed by atoms with E-state index in [1.807, 2.05) is 24.3 Å². The highest BCUT2D eigenvalue weighted by atomic mass is 16.2. The van der Waals surface area contributed by atoms with Gasteiger partial charge in [-0.2, -0.15) is 0 Å². The molecule has 1 aliphatic rings. The second kappa shape index (κ2) is 9.65. The van der Waals surface area contributed by atoms with Crippen LogP contribution in [0, 0.1) is 0 Å². The lowest BCUT2D eigenvalue weighted by atomic mass is 10.1. The van der Waals surface area contributed by atoms with Crippen molar-refractivity contribution in [2.75, 3.05) is 18.5 Å². The Hall–Kier alpha value is -4.46. The van der Waals surface area contributed by atoms with E-state index in [4.69, 9.17) is 0 Å². The molecule has 0 saturated carbocycles. The molecule has 182 valence electrons. The molecule has 0 bridgehead atoms. The average Bonchev–Trinajstić information content (AvgIpc) is 3.33. The number of nitrogens with one attached hydrogen (secondary N) is 1. The summed E-state index contributed by atoms with van der Waals surface area (Å²) in [5, 5.41) is 3.02. The Morgan fingerprint density at radius 2 is 1.53 bits per heavy atom. The summed E-state index contributed by atoms with van der Waals surface area (Å²) in [6, 6.07) is 21.5. The fourth-order valence-corrected chi connectivity index (χ4v) is 4.62. The zero-order valence-corrected chi connectivity index (χ0v) is 19.9. The predicted octanol–water partition coefficient (Wildman–Crippen LogP) is 2.62. The number of amides is 2. The molecule has 0 radical (unpaired) electrons. The number of nitrogens with zero attached hydrogens (tertiary/aromatic N) is 3. The van der Waals surface area contributed by atoms with Gasteiger partial charge in [-0.3, -0.25) is 19.0 Å². The Labute approximate surface area is 207 Å². The Morgan fingerprint density at radius 1 is 0.861 bits per heavy atom. The molecule has 1 N–H and O–H groups in total. The number of benzene rings is 3. The van der Waals surface area contributed by atoms with Crippen LogP contribution in [-0.4, -0.2) is 34.5 Å². The topological polar surface area (TPSA) is 93.4 Å². The number of hydrogen-bond acceptors (Lipinski definition) is 4. The van der Waals surface area contributed by atoms with Gasteiger partial charge in [-0.05, 0) is 53.9 Å². The molecule has 0 atom stereocenters. The Morgan fingerprint density at radius 3 is 2.19 bits per heavy atom. The van der Waals surface area contributed by atoms with Crippen LogP contribution in [0.4, 0.5) is 5.69 Å². The van der Waals surface area contributed by atoms with Crippen LogP contribution in [0.2, 0.25) is 0 Å². The van der Waals surface area contributed by atoms with Gasteiger partial charge in [0.1, 0.15) is 0 Å². The van der Waals surface area contributed by atoms with Crippen molar-refractivity contribution in [1.29, 1.82) is 0 Å². The molecule has 36 heavy (non-hydrogen) atoms. The van der Waals surface area contributed by atoms with E-state index in [-0.39, 0.29) is 24.8 Å². The standard InChI is InChI=1S/C28H26N4O4/c1-29-25(33)17-19-8-14-22(15-9-19)32-27(35)23-5-2-3-6-24(23)31(28(32)36)18-20-10-12-21(13-11-20)30-16-4-7-26(30)34/h2-3,5-6,8-15H,4,7,16-18H2,1H3,(H,29,33). The quantitative estimate of drug-likeness (QED) is 0.457. The van der Waals surface area contributed by atoms with E-state index in [2.05, 4.69) is 5.32 Å². The van der Waals surface area contributed by atoms with Crippen LogP contribution >= 0.6 is 0 Å². The van der Waals surface area contributed by atoms with Gasteiger partial charge in [0.05, 0.1) is 29.6 Å². The van der Waals surface area contributed by atoms with Gasteiger partial charge in [0.2, 0.25) is 11.8 Å². The maximum absolute atomic E-state index is 13.6. The first-order valence-corrected chi connectivity index (χ1v) is 11.9. The number of aromatic nitrogens is 2. The van der Waals surface area contributed by atoms with Gasteiger partial charge in [0.15, 0.2) is 0 Å². The van der Waals surface area contributed by atoms with Gasteiger partial charge in [0.25, 0.3) is 5.56 Å². The van der Waals surface area contributed by atoms with E-state index in [0.29, 0.717) is 23.0 Å². The number of hydrogen-bond donors (Lipinski definition) is 1. The average molecular weight is 483 g/mol. The van der Waals surface area contributed by atoms with E-state index in [1.165, 1.54) is 4.57 Å². The second-order valence-electron chi connectivity index (χ2n) is 8.86. The normalized spacial score (nSPS) is 13.4. The van der Waals surface area contributed by atoms with E-state index in [1.54, 1.807) is 65.0 Å². The monoisotopic (exact) mass is 482 g/mol. The predicted molar refractivity (Wildman–Crippen MR) is 139 cm³/mol. The Kier molecular flexibility index (Phi) is 6.25. The Balaban J connectivity index is 1.55. The van der Waals surface area contributed by atoms with Crippen LogP contribution in [0.5, 0.6) is 0 Å². The Bertz CT molecular complexity index is 1570. The highest BCUT2D eigenvalue weighted by Gasteiger charge is 2.21. The molecule has 2 heterocycles. The van der Waals surface area contributed by atoms with Crippen molar-refractivity contribution in [3.63, 3.8) is 0 Å². The summed E-state index contributed by atoms with van der Waals surface area (Å²) in [7, 11) is 1.58. The lowest BCUT2D eigenvalue weighted by Crippen LogP contribution is -2.39. The van der Waals surface area contributed by atoms with Gasteiger partial charge in [-0.25, -0.2) is 9.36 Å². The van der Waals surface area contributed by atoms with Crippen molar-refractivity contribution in [2.45, 2.75) is 25.8 Å². The maximum atomic E-state index is 13.6. The second-order valence-corrected chi connectivity index (χ2v) is 8.86. The highest BCUT2D eigenvalue weighted by Crippen LogP contribution is 2.22. The van der Waals surface area contributed by atoms with Crippen LogP contribution in [0.25, 0.3) is 16.6 Å². The maximum Gasteiger partial charge on any atom is 0.336 e. The van der Waals surface area contributed by atoms with E-state index in [9.17, 15) is 19.2 Å². The number of fused-ring (bicyclic) bond motifs is 1. The molecule has 0 unspecified atom stereocenters. The third-order valence-electron chi connectivity index (χ3n) is 6.55. The van der Waals surface area contributed by atoms with E-state index >= 15 is 0 Å². The zero-order valence-electron chi connectivity index (χ0n) is 19.9. The minimum absolute atomic E-state index is 0.118. The summed E-state index contributed by atoms with van der Waals surface area (Å²) in [6.45, 7) is 0.984. The summed E-state index contributed by atoms with van der Waals surface area (Å²) in [4.78, 5) is 52.5. The molecule has 1 aliphatic heterocycles. The van der Waals surface area contributed by atoms with Crippen molar-refractivity contribution < 1.29 is 9.59 Å². The fourth-order valence-electron chi connectivity index (χ4n) is 4.62. The summed E-state index contributed by atoms with van der Waals surface area (Å²) in [5.74, 6) is 0.00600. The summed E-state index contributed by atoms with van der Waals surface area (Å²) in [6.07, 6.45) is 1.64. The van der Waals surface area contributed by atoms with Crippen LogP contribution in [0.15, 0.2) is 82.4 Å². The molecule has 3 aromatic carbocycles. The SMILES string of the molecule is CNC(=O)Cc1ccc(-n2c(=O)c3ccccc3n(Cc3ccc(N4CCCC4=O)cc3)c2=O)cc1. The van der Waals surface area contributed by atoms with Crippen molar-refractivity contribution >= 4 is 28.4 Å². The van der Waals surface area contributed by atoms with E-state index < -0.39 is 11.2 Å². The van der Waals surface area contributed by atoms with Crippen LogP contribution < -0.4 is 21.5 Å². The van der Waals surface area contributed by atoms with Crippen molar-refractivity contribution in [3.05, 3.63) is 105 Å². The van der Waals surface area contributed by atoms with Crippen LogP contribution in [0.3, 0.4) is 0 Å². The lowest BCUT2D eigenvalue weighted by molar-refractivity contribution is -0.120. The first-order valence-electron chi connectivity index (χ1n) is 11.9. The molecule has 1 saturated heterocycles. The van der Waals surface area contributed by atoms with Gasteiger partial charge < -0.3 is 10.2 Å². The molecule has 1 aromatic heterocycles. The molecule has 8 nitrogen and oxygen atoms in total. The first-order chi connectivity index (χ1) is 17.5. The summed E-state index contributed by atoms with van der Waals surface area (Å²) < 4.78 is 2.76. The molecule has 8 heteroatoms. The van der Waals surface area contributed by atoms with Gasteiger partial charge in [-0.1, -0.05) is 36.4 Å². The fraction of sp³-hybridized carbons (Fsp3) is 0.214. The molecule has 5 rings (SSSR count). The minimum Gasteiger partial charge on any atom is -0.359 e. The smallest absolute Gasteiger partial charge is 0.336 e. The molecular weight excluding hydrogens is 456 g/mol. The minimum atomic E-state index is -0.448. The third kappa shape index (κ3) is 4.33. The molecule has 0 spiro atoms. The number of para-hydroxylation sites is 1. The number of rotatable bonds is 6. The summed E-state index contributed by atoms with van der Waals surface area (Å²) in [5.41, 5.74) is 2.66. The number of likely N-dealkylation sites (N-methyl/N-ethyl adjacent to an activating group) is 1. The first kappa shape index (κ1) is 23.3. The van der Waals surface area contributed by atoms with Gasteiger partial charge in [0, 0.05) is 25.7 Å². The third-order valence-corrected chi connectivity index (χ3v) is 6.55. The zero-order chi connectivity index (χ0) is 25.2. The molecule has 2 amide bonds. The van der Waals surface area contributed by atoms with Crippen molar-refractivity contribution in [1.82, 2.24) is 14.5 Å². The van der Waals surface area contributed by atoms with Crippen molar-refractivity contribution in [2.24, 2.45) is 0 Å². The lowest BCUT2D eigenvalue weighted by Gasteiger charge is -2.17. The molecule has 4 aromatic rings. The molecule has 1 fully saturated rings. The number of anilines is 1. The summed E-state index contributed by atoms with van der Waals surface area (Å²) >= 11 is 0. The van der Waals surface area contributed by atoms with E-state index in [0.717, 1.165) is 29.8 Å². The molecule has 0 aliphatic carbocycles. The van der Waals surface area contributed by atoms with Crippen LogP contribution in [0.1, 0.15) is 24.0 Å². The largest absolute Gasteiger partial charge is 0.359 e. The van der Waals surface area contributed by atoms with Gasteiger partial charge in [-0.15, -0.1) is 0 Å². The van der Waals surface area contributed by atoms with Crippen molar-refractivity contribution in [3.8, 4) is 5.69 Å². The highest BCUT2D eigenvalue weighted by molar-refractivity contribution is 5.95. The van der Waals surface area contributed by atoms with Crippen LogP contribution in [-0.2, 0) is 22.6 Å². The number of carbonyl (C=O) groups excluding carboxylic acids is 2.